The molecule has 2 aromatic rings. The van der Waals surface area contributed by atoms with Gasteiger partial charge in [0.15, 0.2) is 6.61 Å². The van der Waals surface area contributed by atoms with Gasteiger partial charge in [-0.05, 0) is 29.8 Å². The number of imide groups is 1. The van der Waals surface area contributed by atoms with Gasteiger partial charge in [0.05, 0.1) is 16.7 Å². The van der Waals surface area contributed by atoms with E-state index in [1.807, 2.05) is 24.3 Å². The first-order valence-corrected chi connectivity index (χ1v) is 9.20. The molecule has 1 heterocycles. The van der Waals surface area contributed by atoms with E-state index >= 15 is 0 Å². The lowest BCUT2D eigenvalue weighted by atomic mass is 10.1. The number of halogens is 1. The highest BCUT2D eigenvalue weighted by Gasteiger charge is 2.33. The Balaban J connectivity index is 1.61. The normalized spacial score (nSPS) is 12.8. The molecule has 0 spiro atoms. The quantitative estimate of drug-likeness (QED) is 0.522. The molecule has 0 fully saturated rings. The van der Waals surface area contributed by atoms with Gasteiger partial charge in [0.25, 0.3) is 17.7 Å². The van der Waals surface area contributed by atoms with Crippen LogP contribution in [0.15, 0.2) is 46.9 Å². The molecule has 0 unspecified atom stereocenters. The van der Waals surface area contributed by atoms with Crippen LogP contribution in [0.25, 0.3) is 0 Å². The summed E-state index contributed by atoms with van der Waals surface area (Å²) in [6.07, 6.45) is 0. The molecule has 7 nitrogen and oxygen atoms in total. The maximum atomic E-state index is 12.2. The third-order valence-electron chi connectivity index (χ3n) is 4.44. The van der Waals surface area contributed by atoms with Crippen molar-refractivity contribution in [3.05, 3.63) is 69.2 Å². The van der Waals surface area contributed by atoms with Crippen LogP contribution in [0.2, 0.25) is 0 Å². The van der Waals surface area contributed by atoms with E-state index < -0.39 is 24.4 Å². The van der Waals surface area contributed by atoms with Crippen LogP contribution in [0, 0.1) is 0 Å². The van der Waals surface area contributed by atoms with Crippen molar-refractivity contribution in [1.29, 1.82) is 0 Å². The van der Waals surface area contributed by atoms with E-state index in [1.54, 1.807) is 7.05 Å². The van der Waals surface area contributed by atoms with E-state index in [0.717, 1.165) is 14.9 Å². The number of carbonyl (C=O) groups is 4. The molecule has 0 bridgehead atoms. The topological polar surface area (TPSA) is 84.0 Å². The Morgan fingerprint density at radius 1 is 1.07 bits per heavy atom. The second-order valence-electron chi connectivity index (χ2n) is 6.35. The zero-order valence-corrected chi connectivity index (χ0v) is 16.9. The summed E-state index contributed by atoms with van der Waals surface area (Å²) in [5.41, 5.74) is 1.43. The molecule has 144 valence electrons. The number of esters is 1. The number of benzene rings is 2. The molecule has 2 aromatic carbocycles. The number of nitrogens with zero attached hydrogens (tertiary/aromatic N) is 2. The minimum absolute atomic E-state index is 0.108. The second-order valence-corrected chi connectivity index (χ2v) is 7.20. The molecule has 3 amide bonds. The highest BCUT2D eigenvalue weighted by molar-refractivity contribution is 9.10. The predicted octanol–water partition coefficient (Wildman–Crippen LogP) is 2.49. The molecule has 3 rings (SSSR count). The van der Waals surface area contributed by atoms with Crippen molar-refractivity contribution in [2.45, 2.75) is 6.54 Å². The lowest BCUT2D eigenvalue weighted by molar-refractivity contribution is -0.133. The fourth-order valence-electron chi connectivity index (χ4n) is 2.78. The third kappa shape index (κ3) is 3.82. The Kier molecular flexibility index (Phi) is 5.60. The number of fused-ring (bicyclic) bond motifs is 1. The van der Waals surface area contributed by atoms with Gasteiger partial charge in [-0.15, -0.1) is 0 Å². The van der Waals surface area contributed by atoms with Gasteiger partial charge in [-0.1, -0.05) is 34.1 Å². The number of likely N-dealkylation sites (N-methyl/N-ethyl adjacent to an activating group) is 1. The maximum absolute atomic E-state index is 12.2. The fraction of sp³-hybridized carbons (Fsp3) is 0.200. The molecule has 28 heavy (non-hydrogen) atoms. The number of carbonyl (C=O) groups excluding carboxylic acids is 4. The van der Waals surface area contributed by atoms with E-state index in [1.165, 1.54) is 30.1 Å². The SMILES string of the molecule is CN(Cc1ccccc1Br)C(=O)COC(=O)c1ccc2c(c1)C(=O)N(C)C2=O. The van der Waals surface area contributed by atoms with E-state index in [0.29, 0.717) is 6.54 Å². The first kappa shape index (κ1) is 19.8. The van der Waals surface area contributed by atoms with Gasteiger partial charge in [-0.3, -0.25) is 19.3 Å². The molecule has 1 aliphatic heterocycles. The number of hydrogen-bond donors (Lipinski definition) is 0. The van der Waals surface area contributed by atoms with Gasteiger partial charge < -0.3 is 9.64 Å². The summed E-state index contributed by atoms with van der Waals surface area (Å²) in [5, 5.41) is 0. The van der Waals surface area contributed by atoms with Crippen molar-refractivity contribution in [2.24, 2.45) is 0 Å². The summed E-state index contributed by atoms with van der Waals surface area (Å²) in [6.45, 7) is -0.0662. The molecular weight excluding hydrogens is 428 g/mol. The van der Waals surface area contributed by atoms with Gasteiger partial charge in [0.1, 0.15) is 0 Å². The van der Waals surface area contributed by atoms with E-state index in [-0.39, 0.29) is 22.6 Å². The first-order chi connectivity index (χ1) is 13.3. The second kappa shape index (κ2) is 7.93. The monoisotopic (exact) mass is 444 g/mol. The average molecular weight is 445 g/mol. The van der Waals surface area contributed by atoms with Crippen molar-refractivity contribution >= 4 is 39.6 Å². The van der Waals surface area contributed by atoms with Crippen LogP contribution in [0.3, 0.4) is 0 Å². The van der Waals surface area contributed by atoms with Crippen molar-refractivity contribution in [3.63, 3.8) is 0 Å². The number of rotatable bonds is 5. The summed E-state index contributed by atoms with van der Waals surface area (Å²) in [4.78, 5) is 50.8. The molecule has 8 heteroatoms. The summed E-state index contributed by atoms with van der Waals surface area (Å²) in [5.74, 6) is -1.99. The van der Waals surface area contributed by atoms with Crippen molar-refractivity contribution in [2.75, 3.05) is 20.7 Å². The van der Waals surface area contributed by atoms with Gasteiger partial charge in [0, 0.05) is 25.1 Å². The smallest absolute Gasteiger partial charge is 0.338 e. The van der Waals surface area contributed by atoms with Crippen LogP contribution < -0.4 is 0 Å². The minimum Gasteiger partial charge on any atom is -0.452 e. The molecule has 0 saturated heterocycles. The summed E-state index contributed by atoms with van der Waals surface area (Å²) in [7, 11) is 2.99. The van der Waals surface area contributed by atoms with Crippen LogP contribution in [-0.2, 0) is 16.1 Å². The zero-order chi connectivity index (χ0) is 20.4. The van der Waals surface area contributed by atoms with Crippen molar-refractivity contribution < 1.29 is 23.9 Å². The number of ether oxygens (including phenoxy) is 1. The van der Waals surface area contributed by atoms with Crippen LogP contribution in [0.1, 0.15) is 36.6 Å². The molecule has 0 aromatic heterocycles. The summed E-state index contributed by atoms with van der Waals surface area (Å²) < 4.78 is 5.96. The lowest BCUT2D eigenvalue weighted by Gasteiger charge is -2.18. The average Bonchev–Trinajstić information content (AvgIpc) is 2.91. The lowest BCUT2D eigenvalue weighted by Crippen LogP contribution is -2.31. The number of amides is 3. The Morgan fingerprint density at radius 2 is 1.75 bits per heavy atom. The number of hydrogen-bond acceptors (Lipinski definition) is 5. The molecule has 0 radical (unpaired) electrons. The maximum Gasteiger partial charge on any atom is 0.338 e. The fourth-order valence-corrected chi connectivity index (χ4v) is 3.19. The van der Waals surface area contributed by atoms with Crippen molar-refractivity contribution in [1.82, 2.24) is 9.80 Å². The highest BCUT2D eigenvalue weighted by atomic mass is 79.9. The van der Waals surface area contributed by atoms with Gasteiger partial charge in [-0.25, -0.2) is 4.79 Å². The van der Waals surface area contributed by atoms with E-state index in [9.17, 15) is 19.2 Å². The predicted molar refractivity (Wildman–Crippen MR) is 104 cm³/mol. The Morgan fingerprint density at radius 3 is 2.46 bits per heavy atom. The zero-order valence-electron chi connectivity index (χ0n) is 15.3. The van der Waals surface area contributed by atoms with Crippen molar-refractivity contribution in [3.8, 4) is 0 Å². The molecule has 0 N–H and O–H groups in total. The van der Waals surface area contributed by atoms with Crippen LogP contribution >= 0.6 is 15.9 Å². The van der Waals surface area contributed by atoms with E-state index in [4.69, 9.17) is 4.74 Å². The summed E-state index contributed by atoms with van der Waals surface area (Å²) >= 11 is 3.43. The molecule has 0 saturated carbocycles. The third-order valence-corrected chi connectivity index (χ3v) is 5.22. The molecule has 0 atom stereocenters. The Bertz CT molecular complexity index is 988. The van der Waals surface area contributed by atoms with Crippen LogP contribution in [0.4, 0.5) is 0 Å². The minimum atomic E-state index is -0.736. The van der Waals surface area contributed by atoms with Gasteiger partial charge in [-0.2, -0.15) is 0 Å². The standard InChI is InChI=1S/C20H17BrN2O5/c1-22(10-13-5-3-4-6-16(13)21)17(24)11-28-20(27)12-7-8-14-15(9-12)19(26)23(2)18(14)25/h3-9H,10-11H2,1-2H3. The molecular formula is C20H17BrN2O5. The highest BCUT2D eigenvalue weighted by Crippen LogP contribution is 2.23. The van der Waals surface area contributed by atoms with Gasteiger partial charge >= 0.3 is 5.97 Å². The molecule has 0 aliphatic carbocycles. The first-order valence-electron chi connectivity index (χ1n) is 8.40. The molecule has 1 aliphatic rings. The van der Waals surface area contributed by atoms with Crippen LogP contribution in [-0.4, -0.2) is 54.2 Å². The van der Waals surface area contributed by atoms with Gasteiger partial charge in [0.2, 0.25) is 0 Å². The Hall–Kier alpha value is -3.00. The Labute approximate surface area is 170 Å². The van der Waals surface area contributed by atoms with E-state index in [2.05, 4.69) is 15.9 Å². The summed E-state index contributed by atoms with van der Waals surface area (Å²) in [6, 6.07) is 11.7. The van der Waals surface area contributed by atoms with Crippen LogP contribution in [0.5, 0.6) is 0 Å². The largest absolute Gasteiger partial charge is 0.452 e.